The summed E-state index contributed by atoms with van der Waals surface area (Å²) < 4.78 is 36.3. The number of halogens is 2. The van der Waals surface area contributed by atoms with E-state index in [4.69, 9.17) is 15.2 Å². The molecule has 0 radical (unpaired) electrons. The van der Waals surface area contributed by atoms with Gasteiger partial charge in [0.1, 0.15) is 23.9 Å². The smallest absolute Gasteiger partial charge is 0.152 e. The van der Waals surface area contributed by atoms with Crippen LogP contribution in [0.2, 0.25) is 0 Å². The molecule has 1 aromatic rings. The van der Waals surface area contributed by atoms with Crippen molar-refractivity contribution in [1.82, 2.24) is 0 Å². The van der Waals surface area contributed by atoms with Crippen LogP contribution in [0.1, 0.15) is 19.8 Å². The van der Waals surface area contributed by atoms with Crippen molar-refractivity contribution in [1.29, 1.82) is 0 Å². The zero-order chi connectivity index (χ0) is 12.7. The normalized spacial score (nSPS) is 10.5. The molecule has 1 aromatic carbocycles. The van der Waals surface area contributed by atoms with Crippen molar-refractivity contribution in [2.75, 3.05) is 25.6 Å². The van der Waals surface area contributed by atoms with Gasteiger partial charge in [-0.25, -0.2) is 8.78 Å². The van der Waals surface area contributed by atoms with Crippen molar-refractivity contribution in [2.24, 2.45) is 0 Å². The van der Waals surface area contributed by atoms with E-state index in [0.29, 0.717) is 13.2 Å². The lowest BCUT2D eigenvalue weighted by atomic mass is 10.3. The molecule has 0 saturated carbocycles. The molecule has 96 valence electrons. The Balaban J connectivity index is 2.36. The van der Waals surface area contributed by atoms with Gasteiger partial charge in [0.2, 0.25) is 0 Å². The second-order valence-corrected chi connectivity index (χ2v) is 3.61. The van der Waals surface area contributed by atoms with E-state index in [1.54, 1.807) is 0 Å². The fourth-order valence-electron chi connectivity index (χ4n) is 1.24. The highest BCUT2D eigenvalue weighted by Gasteiger charge is 2.08. The molecular weight excluding hydrogens is 228 g/mol. The van der Waals surface area contributed by atoms with Crippen LogP contribution in [0.4, 0.5) is 14.5 Å². The highest BCUT2D eigenvalue weighted by atomic mass is 19.1. The highest BCUT2D eigenvalue weighted by molar-refractivity contribution is 5.53. The molecule has 0 aliphatic rings. The highest BCUT2D eigenvalue weighted by Crippen LogP contribution is 2.25. The molecular formula is C12H17F2NO2. The number of unbranched alkanes of at least 4 members (excludes halogenated alkanes) is 1. The molecule has 0 saturated heterocycles. The van der Waals surface area contributed by atoms with Crippen molar-refractivity contribution in [2.45, 2.75) is 19.8 Å². The van der Waals surface area contributed by atoms with Crippen LogP contribution in [-0.2, 0) is 4.74 Å². The summed E-state index contributed by atoms with van der Waals surface area (Å²) in [6, 6.07) is 1.78. The Kier molecular flexibility index (Phi) is 5.69. The van der Waals surface area contributed by atoms with Crippen LogP contribution in [0.15, 0.2) is 12.1 Å². The molecule has 0 amide bonds. The summed E-state index contributed by atoms with van der Waals surface area (Å²) in [5, 5.41) is 0. The van der Waals surface area contributed by atoms with Gasteiger partial charge in [0, 0.05) is 18.7 Å². The van der Waals surface area contributed by atoms with Crippen LogP contribution in [0.3, 0.4) is 0 Å². The molecule has 0 spiro atoms. The second kappa shape index (κ2) is 7.06. The van der Waals surface area contributed by atoms with Gasteiger partial charge in [0.25, 0.3) is 0 Å². The van der Waals surface area contributed by atoms with E-state index in [1.165, 1.54) is 0 Å². The Morgan fingerprint density at radius 1 is 1.18 bits per heavy atom. The fourth-order valence-corrected chi connectivity index (χ4v) is 1.24. The van der Waals surface area contributed by atoms with Gasteiger partial charge in [0.05, 0.1) is 6.61 Å². The SMILES string of the molecule is CCCCOCCOc1cc(F)cc(F)c1N. The van der Waals surface area contributed by atoms with Crippen LogP contribution >= 0.6 is 0 Å². The summed E-state index contributed by atoms with van der Waals surface area (Å²) in [7, 11) is 0. The van der Waals surface area contributed by atoms with Gasteiger partial charge >= 0.3 is 0 Å². The molecule has 2 N–H and O–H groups in total. The number of benzene rings is 1. The third-order valence-electron chi connectivity index (χ3n) is 2.18. The van der Waals surface area contributed by atoms with Crippen molar-refractivity contribution in [3.8, 4) is 5.75 Å². The first-order valence-corrected chi connectivity index (χ1v) is 5.60. The summed E-state index contributed by atoms with van der Waals surface area (Å²) in [6.45, 7) is 3.32. The lowest BCUT2D eigenvalue weighted by Crippen LogP contribution is -2.09. The number of anilines is 1. The number of ether oxygens (including phenoxy) is 2. The lowest BCUT2D eigenvalue weighted by Gasteiger charge is -2.09. The summed E-state index contributed by atoms with van der Waals surface area (Å²) >= 11 is 0. The number of rotatable bonds is 7. The molecule has 0 bridgehead atoms. The van der Waals surface area contributed by atoms with Gasteiger partial charge in [-0.15, -0.1) is 0 Å². The standard InChI is InChI=1S/C12H17F2NO2/c1-2-3-4-16-5-6-17-11-8-9(13)7-10(14)12(11)15/h7-8H,2-6,15H2,1H3. The maximum atomic E-state index is 13.0. The van der Waals surface area contributed by atoms with Crippen LogP contribution in [0.25, 0.3) is 0 Å². The summed E-state index contributed by atoms with van der Waals surface area (Å²) in [4.78, 5) is 0. The molecule has 0 heterocycles. The number of hydrogen-bond acceptors (Lipinski definition) is 3. The first-order chi connectivity index (χ1) is 8.15. The monoisotopic (exact) mass is 245 g/mol. The first-order valence-electron chi connectivity index (χ1n) is 5.60. The predicted octanol–water partition coefficient (Wildman–Crippen LogP) is 2.74. The predicted molar refractivity (Wildman–Crippen MR) is 62.0 cm³/mol. The molecule has 17 heavy (non-hydrogen) atoms. The molecule has 1 rings (SSSR count). The molecule has 0 atom stereocenters. The molecule has 0 fully saturated rings. The van der Waals surface area contributed by atoms with E-state index in [0.717, 1.165) is 25.0 Å². The van der Waals surface area contributed by atoms with Gasteiger partial charge in [-0.3, -0.25) is 0 Å². The number of nitrogens with two attached hydrogens (primary N) is 1. The first kappa shape index (κ1) is 13.7. The van der Waals surface area contributed by atoms with Crippen LogP contribution in [0.5, 0.6) is 5.75 Å². The summed E-state index contributed by atoms with van der Waals surface area (Å²) in [5.74, 6) is -1.51. The Morgan fingerprint density at radius 3 is 2.65 bits per heavy atom. The zero-order valence-corrected chi connectivity index (χ0v) is 9.84. The van der Waals surface area contributed by atoms with E-state index >= 15 is 0 Å². The fraction of sp³-hybridized carbons (Fsp3) is 0.500. The van der Waals surface area contributed by atoms with Crippen molar-refractivity contribution >= 4 is 5.69 Å². The molecule has 0 aromatic heterocycles. The Bertz CT molecular complexity index is 359. The average Bonchev–Trinajstić information content (AvgIpc) is 2.29. The van der Waals surface area contributed by atoms with Crippen LogP contribution in [0, 0.1) is 11.6 Å². The van der Waals surface area contributed by atoms with Crippen molar-refractivity contribution in [3.05, 3.63) is 23.8 Å². The zero-order valence-electron chi connectivity index (χ0n) is 9.84. The molecule has 3 nitrogen and oxygen atoms in total. The van der Waals surface area contributed by atoms with Crippen molar-refractivity contribution in [3.63, 3.8) is 0 Å². The topological polar surface area (TPSA) is 44.5 Å². The number of hydrogen-bond donors (Lipinski definition) is 1. The summed E-state index contributed by atoms with van der Waals surface area (Å²) in [6.07, 6.45) is 2.04. The Hall–Kier alpha value is -1.36. The molecule has 5 heteroatoms. The Morgan fingerprint density at radius 2 is 1.94 bits per heavy atom. The lowest BCUT2D eigenvalue weighted by molar-refractivity contribution is 0.0981. The minimum atomic E-state index is -0.813. The van der Waals surface area contributed by atoms with Gasteiger partial charge in [0.15, 0.2) is 5.82 Å². The molecule has 0 aliphatic heterocycles. The largest absolute Gasteiger partial charge is 0.489 e. The second-order valence-electron chi connectivity index (χ2n) is 3.61. The van der Waals surface area contributed by atoms with E-state index in [9.17, 15) is 8.78 Å². The third-order valence-corrected chi connectivity index (χ3v) is 2.18. The van der Waals surface area contributed by atoms with Crippen LogP contribution < -0.4 is 10.5 Å². The van der Waals surface area contributed by atoms with Gasteiger partial charge in [-0.05, 0) is 6.42 Å². The summed E-state index contributed by atoms with van der Waals surface area (Å²) in [5.41, 5.74) is 5.23. The quantitative estimate of drug-likeness (QED) is 0.593. The van der Waals surface area contributed by atoms with E-state index < -0.39 is 11.6 Å². The molecule has 0 unspecified atom stereocenters. The minimum absolute atomic E-state index is 0.0154. The third kappa shape index (κ3) is 4.56. The van der Waals surface area contributed by atoms with E-state index in [1.807, 2.05) is 0 Å². The maximum Gasteiger partial charge on any atom is 0.152 e. The minimum Gasteiger partial charge on any atom is -0.489 e. The van der Waals surface area contributed by atoms with E-state index in [-0.39, 0.29) is 18.0 Å². The average molecular weight is 245 g/mol. The van der Waals surface area contributed by atoms with Gasteiger partial charge in [-0.1, -0.05) is 13.3 Å². The Labute approximate surface area is 99.5 Å². The number of nitrogen functional groups attached to an aromatic ring is 1. The maximum absolute atomic E-state index is 13.0. The molecule has 0 aliphatic carbocycles. The van der Waals surface area contributed by atoms with E-state index in [2.05, 4.69) is 6.92 Å². The van der Waals surface area contributed by atoms with Crippen LogP contribution in [-0.4, -0.2) is 19.8 Å². The van der Waals surface area contributed by atoms with Crippen molar-refractivity contribution < 1.29 is 18.3 Å². The van der Waals surface area contributed by atoms with Gasteiger partial charge < -0.3 is 15.2 Å². The van der Waals surface area contributed by atoms with Gasteiger partial charge in [-0.2, -0.15) is 0 Å².